The minimum Gasteiger partial charge on any atom is -0.391 e. The molecule has 14 heteroatoms. The summed E-state index contributed by atoms with van der Waals surface area (Å²) in [5, 5.41) is 18.0. The van der Waals surface area contributed by atoms with Crippen LogP contribution in [0.3, 0.4) is 0 Å². The quantitative estimate of drug-likeness (QED) is 0.195. The summed E-state index contributed by atoms with van der Waals surface area (Å²) in [5.74, 6) is -2.62. The van der Waals surface area contributed by atoms with Gasteiger partial charge in [-0.1, -0.05) is 48.5 Å². The van der Waals surface area contributed by atoms with E-state index in [9.17, 15) is 31.5 Å². The lowest BCUT2D eigenvalue weighted by atomic mass is 9.73. The van der Waals surface area contributed by atoms with E-state index in [1.165, 1.54) is 6.07 Å². The minimum atomic E-state index is -4.27. The maximum absolute atomic E-state index is 13.8. The molecule has 1 fully saturated rings. The molecule has 0 radical (unpaired) electrons. The predicted molar refractivity (Wildman–Crippen MR) is 188 cm³/mol. The number of rotatable bonds is 14. The van der Waals surface area contributed by atoms with Crippen molar-refractivity contribution >= 4 is 42.6 Å². The molecule has 1 aliphatic rings. The molecule has 0 bridgehead atoms. The number of amides is 2. The third kappa shape index (κ3) is 11.3. The van der Waals surface area contributed by atoms with Crippen molar-refractivity contribution in [2.45, 2.75) is 87.7 Å². The molecule has 1 aromatic heterocycles. The molecule has 4 rings (SSSR count). The molecule has 49 heavy (non-hydrogen) atoms. The zero-order valence-corrected chi connectivity index (χ0v) is 30.3. The summed E-state index contributed by atoms with van der Waals surface area (Å²) in [6.07, 6.45) is 1.65. The molecule has 2 amide bonds. The van der Waals surface area contributed by atoms with E-state index in [0.717, 1.165) is 17.2 Å². The van der Waals surface area contributed by atoms with Gasteiger partial charge in [0.2, 0.25) is 21.8 Å². The van der Waals surface area contributed by atoms with Gasteiger partial charge in [0.25, 0.3) is 0 Å². The number of aromatic nitrogens is 1. The number of nitrogens with one attached hydrogen (secondary N) is 3. The molecular weight excluding hydrogens is 669 g/mol. The van der Waals surface area contributed by atoms with Crippen molar-refractivity contribution in [3.8, 4) is 0 Å². The average molecular weight is 717 g/mol. The van der Waals surface area contributed by atoms with Crippen molar-refractivity contribution in [2.24, 2.45) is 11.8 Å². The standard InChI is InChI=1S/C35H48N4O8S2/c1-35(2,3)38-33(41)27-17-16-26(47-4)20-25(27)21-31(40)29(19-23-11-7-6-8-12-23)37-34(42)30(39-48(5,43)44)22-49(45,46)32-18-15-24-13-9-10-14-28(24)36-32/h6-15,18,25-27,29-31,39-40H,16-17,19-22H2,1-5H3,(H,37,42)(H,38,41)/t25?,26?,27?,29-,30+,31+/m0/s1. The van der Waals surface area contributed by atoms with Gasteiger partial charge in [0.1, 0.15) is 6.04 Å². The Morgan fingerprint density at radius 3 is 2.31 bits per heavy atom. The van der Waals surface area contributed by atoms with Gasteiger partial charge in [-0.3, -0.25) is 9.59 Å². The summed E-state index contributed by atoms with van der Waals surface area (Å²) < 4.78 is 59.6. The maximum Gasteiger partial charge on any atom is 0.239 e. The molecule has 2 aromatic carbocycles. The molecule has 0 saturated heterocycles. The zero-order valence-electron chi connectivity index (χ0n) is 28.6. The number of fused-ring (bicyclic) bond motifs is 1. The number of para-hydroxylation sites is 1. The molecule has 1 saturated carbocycles. The first kappa shape index (κ1) is 38.4. The fourth-order valence-electron chi connectivity index (χ4n) is 6.36. The maximum atomic E-state index is 13.8. The molecule has 268 valence electrons. The Kier molecular flexibility index (Phi) is 12.6. The van der Waals surface area contributed by atoms with Gasteiger partial charge in [0, 0.05) is 24.0 Å². The summed E-state index contributed by atoms with van der Waals surface area (Å²) in [6, 6.07) is 16.3. The number of carbonyl (C=O) groups excluding carboxylic acids is 2. The Hall–Kier alpha value is -3.43. The number of sulfonamides is 1. The number of methoxy groups -OCH3 is 1. The molecular formula is C35H48N4O8S2. The van der Waals surface area contributed by atoms with Gasteiger partial charge in [-0.15, -0.1) is 0 Å². The van der Waals surface area contributed by atoms with E-state index in [4.69, 9.17) is 4.74 Å². The van der Waals surface area contributed by atoms with Gasteiger partial charge >= 0.3 is 0 Å². The molecule has 12 nitrogen and oxygen atoms in total. The SMILES string of the molecule is COC1CCC(C(=O)NC(C)(C)C)C(C[C@@H](O)[C@H](Cc2ccccc2)NC(=O)[C@@H](CS(=O)(=O)c2ccc3ccccc3n2)NS(C)(=O)=O)C1. The summed E-state index contributed by atoms with van der Waals surface area (Å²) in [4.78, 5) is 31.4. The number of carbonyl (C=O) groups is 2. The molecule has 0 aliphatic heterocycles. The fraction of sp³-hybridized carbons (Fsp3) is 0.514. The van der Waals surface area contributed by atoms with Crippen LogP contribution >= 0.6 is 0 Å². The van der Waals surface area contributed by atoms with E-state index in [-0.39, 0.29) is 35.8 Å². The van der Waals surface area contributed by atoms with E-state index in [1.807, 2.05) is 51.1 Å². The van der Waals surface area contributed by atoms with Crippen molar-refractivity contribution in [3.05, 3.63) is 72.3 Å². The number of ether oxygens (including phenoxy) is 1. The third-order valence-electron chi connectivity index (χ3n) is 8.69. The molecule has 0 spiro atoms. The predicted octanol–water partition coefficient (Wildman–Crippen LogP) is 2.75. The van der Waals surface area contributed by atoms with Crippen molar-refractivity contribution in [3.63, 3.8) is 0 Å². The summed E-state index contributed by atoms with van der Waals surface area (Å²) in [5.41, 5.74) is 0.763. The molecule has 3 aromatic rings. The number of aliphatic hydroxyl groups excluding tert-OH is 1. The molecule has 1 heterocycles. The normalized spacial score (nSPS) is 20.7. The van der Waals surface area contributed by atoms with Crippen molar-refractivity contribution in [1.29, 1.82) is 0 Å². The zero-order chi connectivity index (χ0) is 36.0. The van der Waals surface area contributed by atoms with Crippen LogP contribution in [0.4, 0.5) is 0 Å². The lowest BCUT2D eigenvalue weighted by Crippen LogP contribution is -2.55. The Balaban J connectivity index is 1.61. The number of benzene rings is 2. The summed E-state index contributed by atoms with van der Waals surface area (Å²) in [6.45, 7) is 5.70. The molecule has 3 unspecified atom stereocenters. The van der Waals surface area contributed by atoms with E-state index in [2.05, 4.69) is 20.3 Å². The van der Waals surface area contributed by atoms with Crippen LogP contribution in [0.1, 0.15) is 52.0 Å². The summed E-state index contributed by atoms with van der Waals surface area (Å²) in [7, 11) is -6.71. The largest absolute Gasteiger partial charge is 0.391 e. The van der Waals surface area contributed by atoms with Crippen LogP contribution in [0, 0.1) is 11.8 Å². The second kappa shape index (κ2) is 16.1. The lowest BCUT2D eigenvalue weighted by molar-refractivity contribution is -0.132. The minimum absolute atomic E-state index is 0.102. The molecule has 1 aliphatic carbocycles. The number of pyridine rings is 1. The average Bonchev–Trinajstić information content (AvgIpc) is 3.02. The van der Waals surface area contributed by atoms with Gasteiger partial charge in [-0.05, 0) is 82.6 Å². The van der Waals surface area contributed by atoms with Crippen LogP contribution in [-0.4, -0.2) is 87.7 Å². The van der Waals surface area contributed by atoms with Crippen LogP contribution in [0.15, 0.2) is 71.8 Å². The van der Waals surface area contributed by atoms with Gasteiger partial charge < -0.3 is 20.5 Å². The monoisotopic (exact) mass is 716 g/mol. The Labute approximate surface area is 289 Å². The fourth-order valence-corrected chi connectivity index (χ4v) is 8.53. The van der Waals surface area contributed by atoms with Crippen LogP contribution in [0.5, 0.6) is 0 Å². The van der Waals surface area contributed by atoms with Crippen LogP contribution in [-0.2, 0) is 40.6 Å². The molecule has 4 N–H and O–H groups in total. The Morgan fingerprint density at radius 2 is 1.65 bits per heavy atom. The van der Waals surface area contributed by atoms with E-state index >= 15 is 0 Å². The highest BCUT2D eigenvalue weighted by Crippen LogP contribution is 2.36. The number of hydrogen-bond donors (Lipinski definition) is 4. The van der Waals surface area contributed by atoms with Gasteiger partial charge in [0.05, 0.1) is 35.8 Å². The van der Waals surface area contributed by atoms with Crippen LogP contribution in [0.25, 0.3) is 10.9 Å². The highest BCUT2D eigenvalue weighted by Gasteiger charge is 2.39. The van der Waals surface area contributed by atoms with Crippen LogP contribution in [0.2, 0.25) is 0 Å². The first-order valence-electron chi connectivity index (χ1n) is 16.4. The van der Waals surface area contributed by atoms with Crippen LogP contribution < -0.4 is 15.4 Å². The van der Waals surface area contributed by atoms with E-state index in [0.29, 0.717) is 24.8 Å². The van der Waals surface area contributed by atoms with E-state index < -0.39 is 61.2 Å². The third-order valence-corrected chi connectivity index (χ3v) is 11.0. The van der Waals surface area contributed by atoms with Gasteiger partial charge in [-0.2, -0.15) is 0 Å². The highest BCUT2D eigenvalue weighted by molar-refractivity contribution is 7.91. The highest BCUT2D eigenvalue weighted by atomic mass is 32.2. The first-order valence-corrected chi connectivity index (χ1v) is 19.9. The lowest BCUT2D eigenvalue weighted by Gasteiger charge is -2.38. The number of nitrogens with zero attached hydrogens (tertiary/aromatic N) is 1. The topological polar surface area (TPSA) is 181 Å². The van der Waals surface area contributed by atoms with Crippen molar-refractivity contribution in [2.75, 3.05) is 19.1 Å². The number of sulfone groups is 1. The summed E-state index contributed by atoms with van der Waals surface area (Å²) >= 11 is 0. The first-order chi connectivity index (χ1) is 22.9. The van der Waals surface area contributed by atoms with E-state index in [1.54, 1.807) is 37.4 Å². The Bertz CT molecular complexity index is 1810. The molecule has 6 atom stereocenters. The number of hydrogen-bond acceptors (Lipinski definition) is 9. The Morgan fingerprint density at radius 1 is 0.980 bits per heavy atom. The smallest absolute Gasteiger partial charge is 0.239 e. The van der Waals surface area contributed by atoms with Crippen molar-refractivity contribution < 1.29 is 36.3 Å². The van der Waals surface area contributed by atoms with Gasteiger partial charge in [-0.25, -0.2) is 26.5 Å². The second-order valence-electron chi connectivity index (χ2n) is 14.0. The number of aliphatic hydroxyl groups is 1. The van der Waals surface area contributed by atoms with Gasteiger partial charge in [0.15, 0.2) is 14.9 Å². The van der Waals surface area contributed by atoms with Crippen molar-refractivity contribution in [1.82, 2.24) is 20.3 Å². The second-order valence-corrected chi connectivity index (χ2v) is 17.7.